The second kappa shape index (κ2) is 4.87. The molecule has 2 rings (SSSR count). The zero-order chi connectivity index (χ0) is 9.80. The minimum atomic E-state index is 0.115. The minimum Gasteiger partial charge on any atom is -0.381 e. The van der Waals surface area contributed by atoms with Gasteiger partial charge >= 0.3 is 0 Å². The van der Waals surface area contributed by atoms with Crippen LogP contribution in [0.3, 0.4) is 0 Å². The van der Waals surface area contributed by atoms with Gasteiger partial charge in [0.1, 0.15) is 0 Å². The molecule has 1 unspecified atom stereocenters. The van der Waals surface area contributed by atoms with Gasteiger partial charge in [0.15, 0.2) is 0 Å². The highest BCUT2D eigenvalue weighted by Crippen LogP contribution is 2.25. The van der Waals surface area contributed by atoms with Gasteiger partial charge in [0.25, 0.3) is 0 Å². The number of ether oxygens (including phenoxy) is 1. The number of hydrogen-bond donors (Lipinski definition) is 1. The lowest BCUT2D eigenvalue weighted by Crippen LogP contribution is -2.21. The predicted octanol–water partition coefficient (Wildman–Crippen LogP) is 1.96. The Morgan fingerprint density at radius 2 is 2.36 bits per heavy atom. The average Bonchev–Trinajstić information content (AvgIpc) is 2.72. The van der Waals surface area contributed by atoms with E-state index < -0.39 is 0 Å². The van der Waals surface area contributed by atoms with Crippen LogP contribution in [0.15, 0.2) is 10.9 Å². The summed E-state index contributed by atoms with van der Waals surface area (Å²) < 4.78 is 5.32. The summed E-state index contributed by atoms with van der Waals surface area (Å²) in [4.78, 5) is 4.24. The first-order valence-electron chi connectivity index (χ1n) is 5.07. The number of nitrogens with two attached hydrogens (primary N) is 1. The van der Waals surface area contributed by atoms with Crippen LogP contribution in [0.5, 0.6) is 0 Å². The molecule has 1 aromatic rings. The topological polar surface area (TPSA) is 48.1 Å². The molecular formula is C10H16N2OS. The minimum absolute atomic E-state index is 0.115. The van der Waals surface area contributed by atoms with Crippen LogP contribution in [0.1, 0.15) is 31.0 Å². The number of thiazole rings is 1. The summed E-state index contributed by atoms with van der Waals surface area (Å²) >= 11 is 1.61. The fourth-order valence-corrected chi connectivity index (χ4v) is 2.49. The molecule has 14 heavy (non-hydrogen) atoms. The van der Waals surface area contributed by atoms with Crippen molar-refractivity contribution in [1.29, 1.82) is 0 Å². The Morgan fingerprint density at radius 1 is 1.57 bits per heavy atom. The summed E-state index contributed by atoms with van der Waals surface area (Å²) in [6, 6.07) is 0.115. The van der Waals surface area contributed by atoms with Gasteiger partial charge in [-0.05, 0) is 25.2 Å². The Labute approximate surface area is 88.3 Å². The van der Waals surface area contributed by atoms with Crippen molar-refractivity contribution in [2.45, 2.75) is 25.3 Å². The third-order valence-corrected chi connectivity index (χ3v) is 3.36. The van der Waals surface area contributed by atoms with Gasteiger partial charge < -0.3 is 10.5 Å². The molecule has 2 N–H and O–H groups in total. The largest absolute Gasteiger partial charge is 0.381 e. The van der Waals surface area contributed by atoms with E-state index in [1.165, 1.54) is 0 Å². The molecule has 3 nitrogen and oxygen atoms in total. The fraction of sp³-hybridized carbons (Fsp3) is 0.700. The Morgan fingerprint density at radius 3 is 3.00 bits per heavy atom. The SMILES string of the molecule is NC(CC1CCOCC1)c1cscn1. The molecule has 1 aromatic heterocycles. The van der Waals surface area contributed by atoms with Crippen molar-refractivity contribution in [2.24, 2.45) is 11.7 Å². The van der Waals surface area contributed by atoms with Gasteiger partial charge in [-0.15, -0.1) is 11.3 Å². The first-order chi connectivity index (χ1) is 6.86. The van der Waals surface area contributed by atoms with Crippen molar-refractivity contribution >= 4 is 11.3 Å². The first kappa shape index (κ1) is 10.1. The van der Waals surface area contributed by atoms with Crippen LogP contribution in [0.25, 0.3) is 0 Å². The molecule has 0 bridgehead atoms. The second-order valence-electron chi connectivity index (χ2n) is 3.81. The molecule has 0 saturated carbocycles. The van der Waals surface area contributed by atoms with Gasteiger partial charge in [0, 0.05) is 24.6 Å². The van der Waals surface area contributed by atoms with Gasteiger partial charge in [-0.25, -0.2) is 4.98 Å². The van der Waals surface area contributed by atoms with E-state index in [1.54, 1.807) is 11.3 Å². The molecule has 2 heterocycles. The molecule has 1 aliphatic heterocycles. The van der Waals surface area contributed by atoms with E-state index in [0.29, 0.717) is 0 Å². The van der Waals surface area contributed by atoms with Crippen molar-refractivity contribution in [3.05, 3.63) is 16.6 Å². The third kappa shape index (κ3) is 2.53. The molecule has 1 aliphatic rings. The van der Waals surface area contributed by atoms with E-state index in [-0.39, 0.29) is 6.04 Å². The van der Waals surface area contributed by atoms with Crippen LogP contribution in [0.2, 0.25) is 0 Å². The van der Waals surface area contributed by atoms with Gasteiger partial charge in [0.2, 0.25) is 0 Å². The summed E-state index contributed by atoms with van der Waals surface area (Å²) in [6.45, 7) is 1.79. The van der Waals surface area contributed by atoms with Crippen molar-refractivity contribution in [1.82, 2.24) is 4.98 Å². The second-order valence-corrected chi connectivity index (χ2v) is 4.53. The quantitative estimate of drug-likeness (QED) is 0.833. The Bertz CT molecular complexity index is 257. The molecule has 1 atom stereocenters. The zero-order valence-electron chi connectivity index (χ0n) is 8.19. The van der Waals surface area contributed by atoms with Crippen LogP contribution in [0, 0.1) is 5.92 Å². The average molecular weight is 212 g/mol. The molecule has 4 heteroatoms. The van der Waals surface area contributed by atoms with E-state index in [9.17, 15) is 0 Å². The predicted molar refractivity (Wildman–Crippen MR) is 57.2 cm³/mol. The van der Waals surface area contributed by atoms with Gasteiger partial charge in [-0.1, -0.05) is 0 Å². The molecule has 0 aliphatic carbocycles. The molecule has 0 amide bonds. The van der Waals surface area contributed by atoms with E-state index >= 15 is 0 Å². The lowest BCUT2D eigenvalue weighted by Gasteiger charge is -2.24. The highest BCUT2D eigenvalue weighted by atomic mass is 32.1. The highest BCUT2D eigenvalue weighted by Gasteiger charge is 2.18. The smallest absolute Gasteiger partial charge is 0.0795 e. The maximum absolute atomic E-state index is 6.07. The van der Waals surface area contributed by atoms with Crippen LogP contribution in [-0.4, -0.2) is 18.2 Å². The van der Waals surface area contributed by atoms with Crippen LogP contribution >= 0.6 is 11.3 Å². The number of nitrogens with zero attached hydrogens (tertiary/aromatic N) is 1. The molecule has 78 valence electrons. The summed E-state index contributed by atoms with van der Waals surface area (Å²) in [5.41, 5.74) is 8.96. The molecule has 0 radical (unpaired) electrons. The molecule has 0 aromatic carbocycles. The zero-order valence-corrected chi connectivity index (χ0v) is 9.00. The molecule has 0 spiro atoms. The fourth-order valence-electron chi connectivity index (χ4n) is 1.87. The lowest BCUT2D eigenvalue weighted by atomic mass is 9.92. The van der Waals surface area contributed by atoms with Crippen LogP contribution < -0.4 is 5.73 Å². The van der Waals surface area contributed by atoms with E-state index in [4.69, 9.17) is 10.5 Å². The monoisotopic (exact) mass is 212 g/mol. The Kier molecular flexibility index (Phi) is 3.50. The Hall–Kier alpha value is -0.450. The summed E-state index contributed by atoms with van der Waals surface area (Å²) in [7, 11) is 0. The Balaban J connectivity index is 1.84. The number of rotatable bonds is 3. The number of hydrogen-bond acceptors (Lipinski definition) is 4. The van der Waals surface area contributed by atoms with E-state index in [1.807, 2.05) is 10.9 Å². The van der Waals surface area contributed by atoms with E-state index in [2.05, 4.69) is 4.98 Å². The molecule has 1 saturated heterocycles. The molecular weight excluding hydrogens is 196 g/mol. The van der Waals surface area contributed by atoms with Gasteiger partial charge in [-0.3, -0.25) is 0 Å². The van der Waals surface area contributed by atoms with Crippen molar-refractivity contribution < 1.29 is 4.74 Å². The van der Waals surface area contributed by atoms with Crippen molar-refractivity contribution in [3.63, 3.8) is 0 Å². The summed E-state index contributed by atoms with van der Waals surface area (Å²) in [5.74, 6) is 0.723. The van der Waals surface area contributed by atoms with Crippen LogP contribution in [-0.2, 0) is 4.74 Å². The highest BCUT2D eigenvalue weighted by molar-refractivity contribution is 7.07. The summed E-state index contributed by atoms with van der Waals surface area (Å²) in [6.07, 6.45) is 3.35. The van der Waals surface area contributed by atoms with Crippen LogP contribution in [0.4, 0.5) is 0 Å². The standard InChI is InChI=1S/C10H16N2OS/c11-9(10-6-14-7-12-10)5-8-1-3-13-4-2-8/h6-9H,1-5,11H2. The maximum Gasteiger partial charge on any atom is 0.0795 e. The normalized spacial score (nSPS) is 20.9. The lowest BCUT2D eigenvalue weighted by molar-refractivity contribution is 0.0617. The van der Waals surface area contributed by atoms with E-state index in [0.717, 1.165) is 44.1 Å². The third-order valence-electron chi connectivity index (χ3n) is 2.76. The van der Waals surface area contributed by atoms with Gasteiger partial charge in [-0.2, -0.15) is 0 Å². The van der Waals surface area contributed by atoms with Crippen molar-refractivity contribution in [3.8, 4) is 0 Å². The summed E-state index contributed by atoms with van der Waals surface area (Å²) in [5, 5.41) is 2.05. The first-order valence-corrected chi connectivity index (χ1v) is 6.02. The molecule has 1 fully saturated rings. The number of aromatic nitrogens is 1. The maximum atomic E-state index is 6.07. The van der Waals surface area contributed by atoms with Gasteiger partial charge in [0.05, 0.1) is 11.2 Å². The van der Waals surface area contributed by atoms with Crippen molar-refractivity contribution in [2.75, 3.05) is 13.2 Å².